The monoisotopic (exact) mass is 307 g/mol. The van der Waals surface area contributed by atoms with E-state index >= 15 is 0 Å². The van der Waals surface area contributed by atoms with Gasteiger partial charge in [-0.3, -0.25) is 4.79 Å². The van der Waals surface area contributed by atoms with Gasteiger partial charge in [-0.1, -0.05) is 41.9 Å². The molecule has 0 heterocycles. The van der Waals surface area contributed by atoms with Gasteiger partial charge in [0.1, 0.15) is 0 Å². The van der Waals surface area contributed by atoms with Gasteiger partial charge in [-0.15, -0.1) is 11.6 Å². The van der Waals surface area contributed by atoms with Crippen molar-refractivity contribution < 1.29 is 4.79 Å². The van der Waals surface area contributed by atoms with E-state index in [1.807, 2.05) is 30.3 Å². The molecule has 0 aliphatic rings. The first-order valence-corrected chi connectivity index (χ1v) is 7.26. The molecule has 2 rings (SSSR count). The molecular formula is C16H15Cl2NO. The third-order valence-electron chi connectivity index (χ3n) is 2.95. The summed E-state index contributed by atoms with van der Waals surface area (Å²) >= 11 is 11.7. The summed E-state index contributed by atoms with van der Waals surface area (Å²) in [6.45, 7) is 0. The summed E-state index contributed by atoms with van der Waals surface area (Å²) in [7, 11) is 0. The second kappa shape index (κ2) is 7.32. The summed E-state index contributed by atoms with van der Waals surface area (Å²) in [5, 5.41) is 3.55. The van der Waals surface area contributed by atoms with Crippen molar-refractivity contribution in [3.05, 3.63) is 70.7 Å². The van der Waals surface area contributed by atoms with Crippen LogP contribution in [0.3, 0.4) is 0 Å². The highest BCUT2D eigenvalue weighted by Gasteiger charge is 2.13. The van der Waals surface area contributed by atoms with Gasteiger partial charge < -0.3 is 5.32 Å². The second-order valence-electron chi connectivity index (χ2n) is 4.52. The number of carbonyl (C=O) groups excluding carboxylic acids is 1. The molecule has 0 spiro atoms. The molecule has 2 aromatic rings. The van der Waals surface area contributed by atoms with Gasteiger partial charge in [-0.25, -0.2) is 0 Å². The number of hydrogen-bond acceptors (Lipinski definition) is 1. The molecular weight excluding hydrogens is 293 g/mol. The number of amides is 1. The van der Waals surface area contributed by atoms with Crippen LogP contribution in [-0.4, -0.2) is 17.8 Å². The van der Waals surface area contributed by atoms with Crippen molar-refractivity contribution in [2.45, 2.75) is 12.5 Å². The Morgan fingerprint density at radius 1 is 1.05 bits per heavy atom. The van der Waals surface area contributed by atoms with E-state index in [1.165, 1.54) is 0 Å². The van der Waals surface area contributed by atoms with Crippen molar-refractivity contribution in [3.63, 3.8) is 0 Å². The van der Waals surface area contributed by atoms with E-state index in [2.05, 4.69) is 5.32 Å². The van der Waals surface area contributed by atoms with Crippen LogP contribution >= 0.6 is 23.2 Å². The molecule has 1 atom stereocenters. The predicted octanol–water partition coefficient (Wildman–Crippen LogP) is 3.92. The minimum Gasteiger partial charge on any atom is -0.348 e. The number of carbonyl (C=O) groups is 1. The van der Waals surface area contributed by atoms with Gasteiger partial charge >= 0.3 is 0 Å². The molecule has 1 amide bonds. The first-order valence-electron chi connectivity index (χ1n) is 6.35. The Kier molecular flexibility index (Phi) is 5.45. The molecule has 0 fully saturated rings. The zero-order chi connectivity index (χ0) is 14.4. The lowest BCUT2D eigenvalue weighted by Gasteiger charge is -2.16. The van der Waals surface area contributed by atoms with Crippen LogP contribution in [0.1, 0.15) is 15.9 Å². The first-order chi connectivity index (χ1) is 9.69. The highest BCUT2D eigenvalue weighted by molar-refractivity contribution is 6.30. The summed E-state index contributed by atoms with van der Waals surface area (Å²) in [4.78, 5) is 12.1. The van der Waals surface area contributed by atoms with Crippen LogP contribution in [0, 0.1) is 0 Å². The molecule has 2 nitrogen and oxygen atoms in total. The van der Waals surface area contributed by atoms with Crippen molar-refractivity contribution in [1.29, 1.82) is 0 Å². The topological polar surface area (TPSA) is 29.1 Å². The molecule has 0 aromatic heterocycles. The number of hydrogen-bond donors (Lipinski definition) is 1. The molecule has 0 bridgehead atoms. The highest BCUT2D eigenvalue weighted by Crippen LogP contribution is 2.10. The van der Waals surface area contributed by atoms with Crippen LogP contribution in [0.15, 0.2) is 54.6 Å². The lowest BCUT2D eigenvalue weighted by Crippen LogP contribution is -2.37. The van der Waals surface area contributed by atoms with Crippen LogP contribution in [0.25, 0.3) is 0 Å². The maximum absolute atomic E-state index is 12.1. The largest absolute Gasteiger partial charge is 0.348 e. The van der Waals surface area contributed by atoms with Crippen LogP contribution in [-0.2, 0) is 6.42 Å². The van der Waals surface area contributed by atoms with Crippen molar-refractivity contribution in [3.8, 4) is 0 Å². The summed E-state index contributed by atoms with van der Waals surface area (Å²) in [6, 6.07) is 16.7. The second-order valence-corrected chi connectivity index (χ2v) is 5.27. The fourth-order valence-electron chi connectivity index (χ4n) is 1.91. The molecule has 104 valence electrons. The zero-order valence-electron chi connectivity index (χ0n) is 10.9. The first kappa shape index (κ1) is 14.9. The molecule has 0 aliphatic carbocycles. The smallest absolute Gasteiger partial charge is 0.251 e. The lowest BCUT2D eigenvalue weighted by atomic mass is 10.1. The van der Waals surface area contributed by atoms with E-state index in [1.54, 1.807) is 24.3 Å². The van der Waals surface area contributed by atoms with E-state index in [0.717, 1.165) is 5.56 Å². The number of halogens is 2. The average Bonchev–Trinajstić information content (AvgIpc) is 2.48. The van der Waals surface area contributed by atoms with Gasteiger partial charge in [0.2, 0.25) is 0 Å². The zero-order valence-corrected chi connectivity index (χ0v) is 12.4. The van der Waals surface area contributed by atoms with Crippen molar-refractivity contribution in [2.24, 2.45) is 0 Å². The molecule has 20 heavy (non-hydrogen) atoms. The normalized spacial score (nSPS) is 11.9. The number of nitrogens with one attached hydrogen (secondary N) is 1. The molecule has 0 aliphatic heterocycles. The highest BCUT2D eigenvalue weighted by atomic mass is 35.5. The van der Waals surface area contributed by atoms with E-state index in [0.29, 0.717) is 22.9 Å². The van der Waals surface area contributed by atoms with Crippen LogP contribution < -0.4 is 5.32 Å². The molecule has 0 radical (unpaired) electrons. The Labute approximate surface area is 128 Å². The van der Waals surface area contributed by atoms with E-state index in [-0.39, 0.29) is 11.9 Å². The van der Waals surface area contributed by atoms with Gasteiger partial charge in [0, 0.05) is 22.5 Å². The van der Waals surface area contributed by atoms with E-state index in [4.69, 9.17) is 23.2 Å². The van der Waals surface area contributed by atoms with Crippen molar-refractivity contribution in [2.75, 3.05) is 5.88 Å². The number of alkyl halides is 1. The van der Waals surface area contributed by atoms with Crippen LogP contribution in [0.5, 0.6) is 0 Å². The Hall–Kier alpha value is -1.51. The van der Waals surface area contributed by atoms with Gasteiger partial charge in [0.05, 0.1) is 0 Å². The van der Waals surface area contributed by atoms with Gasteiger partial charge in [-0.05, 0) is 36.2 Å². The fourth-order valence-corrected chi connectivity index (χ4v) is 2.23. The standard InChI is InChI=1S/C16H15Cl2NO/c17-11-15(10-12-4-2-1-3-5-12)19-16(20)13-6-8-14(18)9-7-13/h1-9,15H,10-11H2,(H,19,20)/t15-/m1/s1. The molecule has 4 heteroatoms. The summed E-state index contributed by atoms with van der Waals surface area (Å²) in [6.07, 6.45) is 0.712. The van der Waals surface area contributed by atoms with Gasteiger partial charge in [-0.2, -0.15) is 0 Å². The van der Waals surface area contributed by atoms with Crippen LogP contribution in [0.2, 0.25) is 5.02 Å². The molecule has 2 aromatic carbocycles. The molecule has 1 N–H and O–H groups in total. The summed E-state index contributed by atoms with van der Waals surface area (Å²) < 4.78 is 0. The van der Waals surface area contributed by atoms with E-state index in [9.17, 15) is 4.79 Å². The minimum absolute atomic E-state index is 0.0951. The maximum atomic E-state index is 12.1. The number of benzene rings is 2. The van der Waals surface area contributed by atoms with Gasteiger partial charge in [0.15, 0.2) is 0 Å². The Balaban J connectivity index is 1.99. The van der Waals surface area contributed by atoms with Crippen molar-refractivity contribution in [1.82, 2.24) is 5.32 Å². The lowest BCUT2D eigenvalue weighted by molar-refractivity contribution is 0.0940. The molecule has 0 saturated carbocycles. The summed E-state index contributed by atoms with van der Waals surface area (Å²) in [5.74, 6) is 0.233. The Bertz CT molecular complexity index is 554. The van der Waals surface area contributed by atoms with Gasteiger partial charge in [0.25, 0.3) is 5.91 Å². The van der Waals surface area contributed by atoms with E-state index < -0.39 is 0 Å². The molecule has 0 unspecified atom stereocenters. The van der Waals surface area contributed by atoms with Crippen LogP contribution in [0.4, 0.5) is 0 Å². The quantitative estimate of drug-likeness (QED) is 0.833. The predicted molar refractivity (Wildman–Crippen MR) is 83.6 cm³/mol. The summed E-state index contributed by atoms with van der Waals surface area (Å²) in [5.41, 5.74) is 1.73. The minimum atomic E-state index is -0.136. The van der Waals surface area contributed by atoms with Crippen molar-refractivity contribution >= 4 is 29.1 Å². The molecule has 0 saturated heterocycles. The third-order valence-corrected chi connectivity index (χ3v) is 3.58. The SMILES string of the molecule is O=C(N[C@@H](CCl)Cc1ccccc1)c1ccc(Cl)cc1. The maximum Gasteiger partial charge on any atom is 0.251 e. The Morgan fingerprint density at radius 2 is 1.70 bits per heavy atom. The number of rotatable bonds is 5. The average molecular weight is 308 g/mol. The fraction of sp³-hybridized carbons (Fsp3) is 0.188. The Morgan fingerprint density at radius 3 is 2.30 bits per heavy atom. The third kappa shape index (κ3) is 4.26.